The smallest absolute Gasteiger partial charge is 0.234 e. The molecule has 0 saturated heterocycles. The Labute approximate surface area is 139 Å². The molecule has 0 aliphatic rings. The topological polar surface area (TPSA) is 89.0 Å². The van der Waals surface area contributed by atoms with Crippen molar-refractivity contribution in [2.75, 3.05) is 17.2 Å². The molecule has 1 unspecified atom stereocenters. The van der Waals surface area contributed by atoms with E-state index in [1.165, 1.54) is 5.56 Å². The van der Waals surface area contributed by atoms with E-state index < -0.39 is 0 Å². The molecule has 1 atom stereocenters. The van der Waals surface area contributed by atoms with Gasteiger partial charge in [-0.25, -0.2) is 0 Å². The van der Waals surface area contributed by atoms with Gasteiger partial charge in [0.25, 0.3) is 0 Å². The van der Waals surface area contributed by atoms with Gasteiger partial charge in [-0.3, -0.25) is 10.1 Å². The Hall–Kier alpha value is -2.06. The lowest BCUT2D eigenvalue weighted by molar-refractivity contribution is -0.115. The van der Waals surface area contributed by atoms with Crippen LogP contribution >= 0.6 is 11.3 Å². The van der Waals surface area contributed by atoms with Crippen LogP contribution in [0.4, 0.5) is 11.9 Å². The average molecular weight is 335 g/mol. The maximum absolute atomic E-state index is 11.4. The van der Waals surface area contributed by atoms with Gasteiger partial charge in [0, 0.05) is 12.5 Å². The Morgan fingerprint density at radius 2 is 2.13 bits per heavy atom. The van der Waals surface area contributed by atoms with Crippen molar-refractivity contribution in [2.24, 2.45) is 0 Å². The van der Waals surface area contributed by atoms with Crippen molar-refractivity contribution in [1.29, 1.82) is 0 Å². The minimum Gasteiger partial charge on any atom is -0.375 e. The number of amides is 1. The minimum atomic E-state index is -0.131. The number of nitrogens with one attached hydrogen (secondary N) is 2. The summed E-state index contributed by atoms with van der Waals surface area (Å²) in [6.07, 6.45) is 0.375. The maximum atomic E-state index is 11.4. The highest BCUT2D eigenvalue weighted by Gasteiger charge is 2.09. The molecule has 2 rings (SSSR count). The fourth-order valence-electron chi connectivity index (χ4n) is 1.81. The minimum absolute atomic E-state index is 0.0326. The number of carbonyl (C=O) groups is 1. The van der Waals surface area contributed by atoms with Crippen molar-refractivity contribution in [3.05, 3.63) is 28.2 Å². The summed E-state index contributed by atoms with van der Waals surface area (Å²) in [5.74, 6) is 1.10. The second kappa shape index (κ2) is 8.54. The Balaban J connectivity index is 1.86. The lowest BCUT2D eigenvalue weighted by Crippen LogP contribution is -2.24. The van der Waals surface area contributed by atoms with Crippen LogP contribution < -0.4 is 10.6 Å². The number of hydrogen-bond donors (Lipinski definition) is 2. The normalized spacial score (nSPS) is 12.0. The molecule has 0 aliphatic carbocycles. The number of aromatic nitrogens is 3. The molecule has 8 heteroatoms. The number of aryl methyl sites for hydroxylation is 1. The largest absolute Gasteiger partial charge is 0.375 e. The van der Waals surface area contributed by atoms with E-state index in [-0.39, 0.29) is 17.9 Å². The second-order valence-electron chi connectivity index (χ2n) is 5.12. The van der Waals surface area contributed by atoms with Gasteiger partial charge in [0.05, 0.1) is 13.2 Å². The summed E-state index contributed by atoms with van der Waals surface area (Å²) in [5.41, 5.74) is 1.17. The number of thiophene rings is 1. The van der Waals surface area contributed by atoms with Crippen LogP contribution in [0.25, 0.3) is 0 Å². The predicted molar refractivity (Wildman–Crippen MR) is 90.5 cm³/mol. The number of nitrogens with zero attached hydrogens (tertiary/aromatic N) is 3. The molecule has 23 heavy (non-hydrogen) atoms. The molecule has 2 N–H and O–H groups in total. The first-order chi connectivity index (χ1) is 11.1. The molecule has 7 nitrogen and oxygen atoms in total. The Kier molecular flexibility index (Phi) is 6.42. The van der Waals surface area contributed by atoms with Crippen LogP contribution in [0, 0.1) is 6.92 Å². The molecule has 0 spiro atoms. The number of ether oxygens (including phenoxy) is 1. The van der Waals surface area contributed by atoms with Crippen LogP contribution in [-0.4, -0.2) is 33.5 Å². The van der Waals surface area contributed by atoms with Crippen LogP contribution in [0.15, 0.2) is 16.8 Å². The molecule has 2 aromatic heterocycles. The summed E-state index contributed by atoms with van der Waals surface area (Å²) in [5, 5.41) is 9.89. The van der Waals surface area contributed by atoms with E-state index in [1.54, 1.807) is 25.2 Å². The second-order valence-corrected chi connectivity index (χ2v) is 5.90. The molecule has 0 fully saturated rings. The molecule has 2 aromatic rings. The lowest BCUT2D eigenvalue weighted by Gasteiger charge is -2.14. The summed E-state index contributed by atoms with van der Waals surface area (Å²) in [6, 6.07) is 2.08. The molecule has 0 aromatic carbocycles. The average Bonchev–Trinajstić information content (AvgIpc) is 2.99. The van der Waals surface area contributed by atoms with E-state index in [2.05, 4.69) is 31.0 Å². The highest BCUT2D eigenvalue weighted by atomic mass is 32.1. The van der Waals surface area contributed by atoms with Crippen LogP contribution in [0.5, 0.6) is 0 Å². The van der Waals surface area contributed by atoms with Crippen LogP contribution in [0.1, 0.15) is 31.7 Å². The number of rotatable bonds is 8. The predicted octanol–water partition coefficient (Wildman–Crippen LogP) is 2.61. The van der Waals surface area contributed by atoms with E-state index in [9.17, 15) is 4.79 Å². The zero-order valence-corrected chi connectivity index (χ0v) is 14.3. The molecular formula is C15H21N5O2S. The van der Waals surface area contributed by atoms with Gasteiger partial charge in [-0.1, -0.05) is 6.92 Å². The van der Waals surface area contributed by atoms with Crippen LogP contribution in [0.2, 0.25) is 0 Å². The van der Waals surface area contributed by atoms with E-state index in [1.807, 2.05) is 18.4 Å². The van der Waals surface area contributed by atoms with Gasteiger partial charge < -0.3 is 10.1 Å². The van der Waals surface area contributed by atoms with E-state index >= 15 is 0 Å². The molecular weight excluding hydrogens is 314 g/mol. The number of carbonyl (C=O) groups excluding carboxylic acids is 1. The van der Waals surface area contributed by atoms with E-state index in [0.29, 0.717) is 31.4 Å². The van der Waals surface area contributed by atoms with Crippen molar-refractivity contribution < 1.29 is 9.53 Å². The zero-order chi connectivity index (χ0) is 16.7. The third-order valence-corrected chi connectivity index (χ3v) is 3.64. The van der Waals surface area contributed by atoms with Crippen molar-refractivity contribution in [3.63, 3.8) is 0 Å². The summed E-state index contributed by atoms with van der Waals surface area (Å²) in [6.45, 7) is 6.62. The van der Waals surface area contributed by atoms with Gasteiger partial charge in [0.1, 0.15) is 5.82 Å². The standard InChI is InChI=1S/C15H21N5O2S/c1-4-13(21)19-15-18-11(3)17-14(20-15)16-10(2)7-22-8-12-5-6-23-9-12/h5-6,9-10H,4,7-8H2,1-3H3,(H2,16,17,18,19,20,21). The van der Waals surface area contributed by atoms with E-state index in [0.717, 1.165) is 0 Å². The van der Waals surface area contributed by atoms with Gasteiger partial charge in [-0.05, 0) is 36.2 Å². The highest BCUT2D eigenvalue weighted by molar-refractivity contribution is 7.07. The Bertz CT molecular complexity index is 633. The SMILES string of the molecule is CCC(=O)Nc1nc(C)nc(NC(C)COCc2ccsc2)n1. The van der Waals surface area contributed by atoms with Crippen LogP contribution in [0.3, 0.4) is 0 Å². The molecule has 124 valence electrons. The van der Waals surface area contributed by atoms with Gasteiger partial charge in [0.2, 0.25) is 17.8 Å². The van der Waals surface area contributed by atoms with Gasteiger partial charge in [-0.15, -0.1) is 0 Å². The van der Waals surface area contributed by atoms with Crippen molar-refractivity contribution in [2.45, 2.75) is 39.8 Å². The first-order valence-electron chi connectivity index (χ1n) is 7.44. The van der Waals surface area contributed by atoms with Crippen molar-refractivity contribution in [1.82, 2.24) is 15.0 Å². The molecule has 1 amide bonds. The Morgan fingerprint density at radius 3 is 2.83 bits per heavy atom. The number of hydrogen-bond acceptors (Lipinski definition) is 7. The highest BCUT2D eigenvalue weighted by Crippen LogP contribution is 2.09. The quantitative estimate of drug-likeness (QED) is 0.771. The molecule has 0 aliphatic heterocycles. The summed E-state index contributed by atoms with van der Waals surface area (Å²) in [7, 11) is 0. The first-order valence-corrected chi connectivity index (χ1v) is 8.39. The summed E-state index contributed by atoms with van der Waals surface area (Å²) >= 11 is 1.65. The first kappa shape index (κ1) is 17.3. The monoisotopic (exact) mass is 335 g/mol. The van der Waals surface area contributed by atoms with Crippen molar-refractivity contribution in [3.8, 4) is 0 Å². The Morgan fingerprint density at radius 1 is 1.35 bits per heavy atom. The third-order valence-electron chi connectivity index (χ3n) is 2.91. The fourth-order valence-corrected chi connectivity index (χ4v) is 2.46. The number of anilines is 2. The zero-order valence-electron chi connectivity index (χ0n) is 13.5. The van der Waals surface area contributed by atoms with E-state index in [4.69, 9.17) is 4.74 Å². The summed E-state index contributed by atoms with van der Waals surface area (Å²) in [4.78, 5) is 24.0. The van der Waals surface area contributed by atoms with Gasteiger partial charge in [-0.2, -0.15) is 26.3 Å². The molecule has 2 heterocycles. The third kappa shape index (κ3) is 5.91. The lowest BCUT2D eigenvalue weighted by atomic mass is 10.3. The van der Waals surface area contributed by atoms with Crippen molar-refractivity contribution >= 4 is 29.1 Å². The fraction of sp³-hybridized carbons (Fsp3) is 0.467. The maximum Gasteiger partial charge on any atom is 0.234 e. The van der Waals surface area contributed by atoms with Crippen LogP contribution in [-0.2, 0) is 16.1 Å². The molecule has 0 bridgehead atoms. The molecule has 0 radical (unpaired) electrons. The van der Waals surface area contributed by atoms with Gasteiger partial charge >= 0.3 is 0 Å². The molecule has 0 saturated carbocycles. The summed E-state index contributed by atoms with van der Waals surface area (Å²) < 4.78 is 5.66. The van der Waals surface area contributed by atoms with Gasteiger partial charge in [0.15, 0.2) is 0 Å².